The minimum atomic E-state index is -4.22. The third-order valence-electron chi connectivity index (χ3n) is 3.00. The largest absolute Gasteiger partial charge is 0.416 e. The van der Waals surface area contributed by atoms with Gasteiger partial charge in [0.05, 0.1) is 5.57 Å². The normalized spacial score (nSPS) is 21.9. The summed E-state index contributed by atoms with van der Waals surface area (Å²) in [5, 5.41) is 2.84. The summed E-state index contributed by atoms with van der Waals surface area (Å²) in [6.45, 7) is 3.03. The van der Waals surface area contributed by atoms with Gasteiger partial charge in [0.25, 0.3) is 0 Å². The van der Waals surface area contributed by atoms with E-state index in [1.807, 2.05) is 0 Å². The second-order valence-corrected chi connectivity index (χ2v) is 4.14. The molecule has 5 heteroatoms. The molecule has 0 bridgehead atoms. The Morgan fingerprint density at radius 3 is 2.62 bits per heavy atom. The molecule has 0 saturated carbocycles. The monoisotopic (exact) mass is 232 g/mol. The van der Waals surface area contributed by atoms with E-state index in [0.29, 0.717) is 12.0 Å². The van der Waals surface area contributed by atoms with Gasteiger partial charge < -0.3 is 10.2 Å². The Morgan fingerprint density at radius 1 is 1.31 bits per heavy atom. The fourth-order valence-corrected chi connectivity index (χ4v) is 1.94. The van der Waals surface area contributed by atoms with Gasteiger partial charge in [0.1, 0.15) is 0 Å². The Bertz CT molecular complexity index is 314. The van der Waals surface area contributed by atoms with E-state index in [2.05, 4.69) is 10.2 Å². The summed E-state index contributed by atoms with van der Waals surface area (Å²) >= 11 is 0. The fraction of sp³-hybridized carbons (Fsp3) is 0.636. The number of nitrogens with one attached hydrogen (secondary N) is 1. The van der Waals surface area contributed by atoms with Crippen molar-refractivity contribution in [2.45, 2.75) is 19.0 Å². The number of likely N-dealkylation sites (tertiary alicyclic amines) is 1. The van der Waals surface area contributed by atoms with Crippen molar-refractivity contribution in [2.24, 2.45) is 0 Å². The molecule has 2 rings (SSSR count). The second kappa shape index (κ2) is 4.49. The molecular formula is C11H15F3N2. The molecular weight excluding hydrogens is 217 g/mol. The van der Waals surface area contributed by atoms with E-state index >= 15 is 0 Å². The van der Waals surface area contributed by atoms with E-state index in [1.54, 1.807) is 0 Å². The lowest BCUT2D eigenvalue weighted by molar-refractivity contribution is -0.0901. The van der Waals surface area contributed by atoms with Gasteiger partial charge in [0.2, 0.25) is 0 Å². The molecule has 0 aliphatic carbocycles. The van der Waals surface area contributed by atoms with Crippen LogP contribution >= 0.6 is 0 Å². The number of allylic oxidation sites excluding steroid dienone is 1. The first kappa shape index (κ1) is 11.5. The molecule has 16 heavy (non-hydrogen) atoms. The van der Waals surface area contributed by atoms with Crippen LogP contribution in [0.1, 0.15) is 12.8 Å². The Labute approximate surface area is 92.8 Å². The third-order valence-corrected chi connectivity index (χ3v) is 3.00. The van der Waals surface area contributed by atoms with Crippen LogP contribution in [0.5, 0.6) is 0 Å². The van der Waals surface area contributed by atoms with Crippen molar-refractivity contribution in [1.29, 1.82) is 0 Å². The summed E-state index contributed by atoms with van der Waals surface area (Å²) in [5.74, 6) is 0. The van der Waals surface area contributed by atoms with Crippen LogP contribution in [-0.4, -0.2) is 37.3 Å². The first-order valence-corrected chi connectivity index (χ1v) is 5.50. The lowest BCUT2D eigenvalue weighted by Crippen LogP contribution is -2.38. The molecule has 1 fully saturated rings. The molecule has 0 radical (unpaired) electrons. The molecule has 0 unspecified atom stereocenters. The molecule has 0 spiro atoms. The lowest BCUT2D eigenvalue weighted by Gasteiger charge is -2.31. The van der Waals surface area contributed by atoms with E-state index < -0.39 is 11.7 Å². The number of halogens is 3. The van der Waals surface area contributed by atoms with Gasteiger partial charge >= 0.3 is 6.18 Å². The molecule has 0 atom stereocenters. The van der Waals surface area contributed by atoms with Crippen molar-refractivity contribution in [3.63, 3.8) is 0 Å². The highest BCUT2D eigenvalue weighted by molar-refractivity contribution is 5.37. The van der Waals surface area contributed by atoms with Crippen LogP contribution in [0, 0.1) is 0 Å². The van der Waals surface area contributed by atoms with Gasteiger partial charge in [-0.3, -0.25) is 0 Å². The smallest absolute Gasteiger partial charge is 0.387 e. The zero-order valence-corrected chi connectivity index (χ0v) is 8.98. The topological polar surface area (TPSA) is 15.3 Å². The number of nitrogens with zero attached hydrogens (tertiary/aromatic N) is 1. The van der Waals surface area contributed by atoms with Gasteiger partial charge in [-0.2, -0.15) is 13.2 Å². The molecule has 0 amide bonds. The minimum Gasteiger partial charge on any atom is -0.387 e. The maximum absolute atomic E-state index is 12.7. The highest BCUT2D eigenvalue weighted by Gasteiger charge is 2.36. The van der Waals surface area contributed by atoms with E-state index in [4.69, 9.17) is 0 Å². The van der Waals surface area contributed by atoms with Gasteiger partial charge in [0.15, 0.2) is 0 Å². The summed E-state index contributed by atoms with van der Waals surface area (Å²) < 4.78 is 38.0. The molecule has 2 nitrogen and oxygen atoms in total. The van der Waals surface area contributed by atoms with E-state index in [9.17, 15) is 13.2 Å². The number of hydrogen-bond acceptors (Lipinski definition) is 2. The SMILES string of the molecule is FC(F)(F)C1=CCNC=C1CCN1CCC1. The predicted molar refractivity (Wildman–Crippen MR) is 55.9 cm³/mol. The van der Waals surface area contributed by atoms with Gasteiger partial charge in [-0.25, -0.2) is 0 Å². The highest BCUT2D eigenvalue weighted by Crippen LogP contribution is 2.33. The van der Waals surface area contributed by atoms with Gasteiger partial charge in [-0.15, -0.1) is 0 Å². The maximum atomic E-state index is 12.7. The number of hydrogen-bond donors (Lipinski definition) is 1. The van der Waals surface area contributed by atoms with Crippen LogP contribution in [0.25, 0.3) is 0 Å². The Morgan fingerprint density at radius 2 is 2.06 bits per heavy atom. The quantitative estimate of drug-likeness (QED) is 0.801. The first-order valence-electron chi connectivity index (χ1n) is 5.50. The zero-order chi connectivity index (χ0) is 11.6. The number of rotatable bonds is 3. The molecule has 1 N–H and O–H groups in total. The van der Waals surface area contributed by atoms with Crippen molar-refractivity contribution in [2.75, 3.05) is 26.2 Å². The Kier molecular flexibility index (Phi) is 3.23. The van der Waals surface area contributed by atoms with Crippen molar-refractivity contribution in [1.82, 2.24) is 10.2 Å². The average molecular weight is 232 g/mol. The minimum absolute atomic E-state index is 0.266. The predicted octanol–water partition coefficient (Wildman–Crippen LogP) is 2.06. The van der Waals surface area contributed by atoms with Crippen molar-refractivity contribution < 1.29 is 13.2 Å². The van der Waals surface area contributed by atoms with Gasteiger partial charge in [-0.1, -0.05) is 6.08 Å². The van der Waals surface area contributed by atoms with Crippen LogP contribution in [-0.2, 0) is 0 Å². The summed E-state index contributed by atoms with van der Waals surface area (Å²) in [5.41, 5.74) is -0.0857. The molecule has 2 heterocycles. The van der Waals surface area contributed by atoms with E-state index in [-0.39, 0.29) is 6.54 Å². The molecule has 90 valence electrons. The second-order valence-electron chi connectivity index (χ2n) is 4.14. The fourth-order valence-electron chi connectivity index (χ4n) is 1.94. The van der Waals surface area contributed by atoms with E-state index in [1.165, 1.54) is 18.7 Å². The number of alkyl halides is 3. The van der Waals surface area contributed by atoms with Crippen molar-refractivity contribution >= 4 is 0 Å². The Hall–Kier alpha value is -0.970. The standard InChI is InChI=1S/C11H15F3N2/c12-11(13,14)10-2-4-15-8-9(10)3-7-16-5-1-6-16/h2,8,15H,1,3-7H2. The number of dihydropyridines is 1. The third kappa shape index (κ3) is 2.58. The summed E-state index contributed by atoms with van der Waals surface area (Å²) in [6.07, 6.45) is 0.147. The lowest BCUT2D eigenvalue weighted by atomic mass is 10.00. The van der Waals surface area contributed by atoms with E-state index in [0.717, 1.165) is 19.6 Å². The molecule has 0 aromatic rings. The zero-order valence-electron chi connectivity index (χ0n) is 8.98. The van der Waals surface area contributed by atoms with Crippen LogP contribution in [0.3, 0.4) is 0 Å². The van der Waals surface area contributed by atoms with Crippen LogP contribution in [0.4, 0.5) is 13.2 Å². The first-order chi connectivity index (χ1) is 7.57. The summed E-state index contributed by atoms with van der Waals surface area (Å²) in [7, 11) is 0. The summed E-state index contributed by atoms with van der Waals surface area (Å²) in [6, 6.07) is 0. The van der Waals surface area contributed by atoms with Crippen molar-refractivity contribution in [3.8, 4) is 0 Å². The van der Waals surface area contributed by atoms with Gasteiger partial charge in [0, 0.05) is 19.3 Å². The Balaban J connectivity index is 1.95. The van der Waals surface area contributed by atoms with Crippen molar-refractivity contribution in [3.05, 3.63) is 23.4 Å². The highest BCUT2D eigenvalue weighted by atomic mass is 19.4. The van der Waals surface area contributed by atoms with Crippen LogP contribution in [0.15, 0.2) is 23.4 Å². The van der Waals surface area contributed by atoms with Crippen LogP contribution < -0.4 is 5.32 Å². The average Bonchev–Trinajstić information content (AvgIpc) is 2.14. The maximum Gasteiger partial charge on any atom is 0.416 e. The van der Waals surface area contributed by atoms with Gasteiger partial charge in [-0.05, 0) is 31.5 Å². The van der Waals surface area contributed by atoms with Crippen LogP contribution in [0.2, 0.25) is 0 Å². The molecule has 2 aliphatic heterocycles. The summed E-state index contributed by atoms with van der Waals surface area (Å²) in [4.78, 5) is 2.17. The molecule has 1 saturated heterocycles. The molecule has 0 aromatic carbocycles. The molecule has 2 aliphatic rings. The molecule has 0 aromatic heterocycles.